The third-order valence-corrected chi connectivity index (χ3v) is 9.04. The largest absolute Gasteiger partial charge is 0.469 e. The molecule has 11 heteroatoms. The molecule has 2 N–H and O–H groups in total. The third-order valence-electron chi connectivity index (χ3n) is 6.91. The molecule has 1 saturated heterocycles. The third kappa shape index (κ3) is 5.99. The highest BCUT2D eigenvalue weighted by atomic mass is 35.5. The quantitative estimate of drug-likeness (QED) is 0.345. The van der Waals surface area contributed by atoms with E-state index in [-0.39, 0.29) is 48.1 Å². The number of piperazine rings is 1. The van der Waals surface area contributed by atoms with Gasteiger partial charge in [0, 0.05) is 37.1 Å². The molecule has 1 aliphatic heterocycles. The molecule has 2 aromatic rings. The van der Waals surface area contributed by atoms with Crippen LogP contribution in [0.1, 0.15) is 32.1 Å². The molecular formula is C25H31ClN4O5S. The summed E-state index contributed by atoms with van der Waals surface area (Å²) in [5.74, 6) is -0.204. The lowest BCUT2D eigenvalue weighted by Crippen LogP contribution is -2.52. The van der Waals surface area contributed by atoms with Gasteiger partial charge in [-0.15, -0.1) is 0 Å². The number of ether oxygens (including phenoxy) is 1. The van der Waals surface area contributed by atoms with Gasteiger partial charge in [-0.1, -0.05) is 23.7 Å². The summed E-state index contributed by atoms with van der Waals surface area (Å²) in [7, 11) is -2.36. The molecule has 4 rings (SSSR count). The van der Waals surface area contributed by atoms with Crippen LogP contribution in [0.15, 0.2) is 46.3 Å². The molecular weight excluding hydrogens is 504 g/mol. The molecule has 9 nitrogen and oxygen atoms in total. The standard InChI is InChI=1S/C25H31ClN4O5S/c1-35-24(31)16-23(27)28-21-7-3-17(4-8-21)25(32)29-10-12-30(13-11-29)36(33,34)22-9-5-18-14-20(26)6-2-19(18)15-22/h2,5-6,9,14-15,17,21H,3-4,7-8,10-13,16H2,1H3,(H2,27,28). The van der Waals surface area contributed by atoms with E-state index in [9.17, 15) is 18.0 Å². The number of carbonyl (C=O) groups excluding carboxylic acids is 2. The topological polar surface area (TPSA) is 122 Å². The molecule has 2 fully saturated rings. The zero-order valence-electron chi connectivity index (χ0n) is 20.2. The maximum Gasteiger partial charge on any atom is 0.313 e. The number of amides is 1. The number of halogens is 1. The first-order valence-corrected chi connectivity index (χ1v) is 13.9. The number of carbonyl (C=O) groups is 2. The highest BCUT2D eigenvalue weighted by molar-refractivity contribution is 7.89. The normalized spacial score (nSPS) is 21.9. The van der Waals surface area contributed by atoms with Crippen LogP contribution in [0, 0.1) is 5.92 Å². The summed E-state index contributed by atoms with van der Waals surface area (Å²) in [6, 6.07) is 10.4. The van der Waals surface area contributed by atoms with Crippen LogP contribution in [-0.4, -0.2) is 74.7 Å². The Morgan fingerprint density at radius 3 is 2.33 bits per heavy atom. The maximum absolute atomic E-state index is 13.2. The number of hydrogen-bond donors (Lipinski definition) is 1. The molecule has 1 aliphatic carbocycles. The maximum atomic E-state index is 13.2. The van der Waals surface area contributed by atoms with E-state index in [2.05, 4.69) is 9.73 Å². The summed E-state index contributed by atoms with van der Waals surface area (Å²) in [4.78, 5) is 30.8. The van der Waals surface area contributed by atoms with Crippen molar-refractivity contribution in [1.29, 1.82) is 0 Å². The summed E-state index contributed by atoms with van der Waals surface area (Å²) >= 11 is 6.03. The van der Waals surface area contributed by atoms with Crippen molar-refractivity contribution in [2.75, 3.05) is 33.3 Å². The van der Waals surface area contributed by atoms with Gasteiger partial charge >= 0.3 is 5.97 Å². The molecule has 0 aromatic heterocycles. The summed E-state index contributed by atoms with van der Waals surface area (Å²) in [6.45, 7) is 1.25. The van der Waals surface area contributed by atoms with Crippen molar-refractivity contribution in [3.63, 3.8) is 0 Å². The van der Waals surface area contributed by atoms with Gasteiger partial charge in [0.15, 0.2) is 0 Å². The summed E-state index contributed by atoms with van der Waals surface area (Å²) in [6.07, 6.45) is 2.80. The first-order valence-electron chi connectivity index (χ1n) is 12.0. The Balaban J connectivity index is 1.31. The van der Waals surface area contributed by atoms with Gasteiger partial charge in [-0.05, 0) is 60.7 Å². The number of sulfonamides is 1. The van der Waals surface area contributed by atoms with Gasteiger partial charge < -0.3 is 15.4 Å². The van der Waals surface area contributed by atoms with E-state index < -0.39 is 16.0 Å². The number of hydrogen-bond acceptors (Lipinski definition) is 6. The second-order valence-corrected chi connectivity index (χ2v) is 11.6. The molecule has 0 bridgehead atoms. The number of benzene rings is 2. The smallest absolute Gasteiger partial charge is 0.313 e. The van der Waals surface area contributed by atoms with Crippen molar-refractivity contribution in [2.24, 2.45) is 16.6 Å². The van der Waals surface area contributed by atoms with Crippen LogP contribution >= 0.6 is 11.6 Å². The molecule has 1 amide bonds. The van der Waals surface area contributed by atoms with E-state index >= 15 is 0 Å². The Morgan fingerprint density at radius 2 is 1.67 bits per heavy atom. The molecule has 1 heterocycles. The number of esters is 1. The van der Waals surface area contributed by atoms with Crippen LogP contribution in [0.25, 0.3) is 10.8 Å². The summed E-state index contributed by atoms with van der Waals surface area (Å²) in [5.41, 5.74) is 5.83. The average Bonchev–Trinajstić information content (AvgIpc) is 2.88. The molecule has 2 aliphatic rings. The molecule has 194 valence electrons. The first kappa shape index (κ1) is 26.4. The highest BCUT2D eigenvalue weighted by Gasteiger charge is 2.34. The Bertz CT molecular complexity index is 1270. The number of amidine groups is 1. The van der Waals surface area contributed by atoms with Crippen LogP contribution in [0.5, 0.6) is 0 Å². The second kappa shape index (κ2) is 11.1. The number of fused-ring (bicyclic) bond motifs is 1. The van der Waals surface area contributed by atoms with E-state index in [0.29, 0.717) is 31.0 Å². The Kier molecular flexibility index (Phi) is 8.17. The molecule has 0 radical (unpaired) electrons. The van der Waals surface area contributed by atoms with E-state index in [4.69, 9.17) is 17.3 Å². The zero-order chi connectivity index (χ0) is 25.9. The first-order chi connectivity index (χ1) is 17.2. The van der Waals surface area contributed by atoms with E-state index in [1.54, 1.807) is 41.3 Å². The van der Waals surface area contributed by atoms with Crippen molar-refractivity contribution in [1.82, 2.24) is 9.21 Å². The van der Waals surface area contributed by atoms with E-state index in [0.717, 1.165) is 23.6 Å². The predicted octanol–water partition coefficient (Wildman–Crippen LogP) is 2.81. The van der Waals surface area contributed by atoms with Gasteiger partial charge in [0.2, 0.25) is 15.9 Å². The van der Waals surface area contributed by atoms with Crippen molar-refractivity contribution >= 4 is 50.1 Å². The average molecular weight is 535 g/mol. The highest BCUT2D eigenvalue weighted by Crippen LogP contribution is 2.29. The zero-order valence-corrected chi connectivity index (χ0v) is 21.8. The van der Waals surface area contributed by atoms with Crippen molar-refractivity contribution in [3.8, 4) is 0 Å². The molecule has 1 saturated carbocycles. The Labute approximate surface area is 216 Å². The van der Waals surface area contributed by atoms with Crippen LogP contribution < -0.4 is 5.73 Å². The number of nitrogens with zero attached hydrogens (tertiary/aromatic N) is 3. The van der Waals surface area contributed by atoms with E-state index in [1.165, 1.54) is 11.4 Å². The number of methoxy groups -OCH3 is 1. The van der Waals surface area contributed by atoms with Crippen LogP contribution in [0.3, 0.4) is 0 Å². The molecule has 0 atom stereocenters. The fourth-order valence-electron chi connectivity index (χ4n) is 4.86. The van der Waals surface area contributed by atoms with Crippen molar-refractivity contribution in [3.05, 3.63) is 41.4 Å². The van der Waals surface area contributed by atoms with Gasteiger partial charge in [-0.25, -0.2) is 8.42 Å². The summed E-state index contributed by atoms with van der Waals surface area (Å²) in [5, 5.41) is 2.28. The molecule has 0 spiro atoms. The lowest BCUT2D eigenvalue weighted by molar-refractivity contribution is -0.139. The Morgan fingerprint density at radius 1 is 1.03 bits per heavy atom. The second-order valence-electron chi connectivity index (χ2n) is 9.26. The lowest BCUT2D eigenvalue weighted by Gasteiger charge is -2.37. The molecule has 0 unspecified atom stereocenters. The number of rotatable bonds is 6. The van der Waals surface area contributed by atoms with Gasteiger partial charge in [-0.3, -0.25) is 14.6 Å². The van der Waals surface area contributed by atoms with Crippen molar-refractivity contribution < 1.29 is 22.7 Å². The van der Waals surface area contributed by atoms with Gasteiger partial charge in [-0.2, -0.15) is 4.31 Å². The lowest BCUT2D eigenvalue weighted by atomic mass is 9.85. The number of nitrogens with two attached hydrogens (primary N) is 1. The fourth-order valence-corrected chi connectivity index (χ4v) is 6.50. The van der Waals surface area contributed by atoms with E-state index in [1.807, 2.05) is 0 Å². The predicted molar refractivity (Wildman–Crippen MR) is 138 cm³/mol. The van der Waals surface area contributed by atoms with Crippen molar-refractivity contribution in [2.45, 2.75) is 43.0 Å². The SMILES string of the molecule is COC(=O)CC(N)=NC1CCC(C(=O)N2CCN(S(=O)(=O)c3ccc4cc(Cl)ccc4c3)CC2)CC1. The van der Waals surface area contributed by atoms with Gasteiger partial charge in [0.05, 0.1) is 18.0 Å². The van der Waals surface area contributed by atoms with Crippen LogP contribution in [-0.2, 0) is 24.3 Å². The van der Waals surface area contributed by atoms with Crippen LogP contribution in [0.4, 0.5) is 0 Å². The monoisotopic (exact) mass is 534 g/mol. The number of aliphatic imine (C=N–C) groups is 1. The molecule has 36 heavy (non-hydrogen) atoms. The minimum absolute atomic E-state index is 0.00123. The van der Waals surface area contributed by atoms with Crippen LogP contribution in [0.2, 0.25) is 5.02 Å². The minimum atomic E-state index is -3.66. The Hall–Kier alpha value is -2.69. The summed E-state index contributed by atoms with van der Waals surface area (Å²) < 4.78 is 32.5. The van der Waals surface area contributed by atoms with Gasteiger partial charge in [0.25, 0.3) is 0 Å². The van der Waals surface area contributed by atoms with Gasteiger partial charge in [0.1, 0.15) is 12.3 Å². The minimum Gasteiger partial charge on any atom is -0.469 e. The fraction of sp³-hybridized carbons (Fsp3) is 0.480. The molecule has 2 aromatic carbocycles.